The molecule has 20 heavy (non-hydrogen) atoms. The zero-order chi connectivity index (χ0) is 14.9. The minimum Gasteiger partial charge on any atom is -0.397 e. The van der Waals surface area contributed by atoms with Gasteiger partial charge in [-0.15, -0.1) is 0 Å². The lowest BCUT2D eigenvalue weighted by atomic mass is 9.99. The Morgan fingerprint density at radius 2 is 1.50 bits per heavy atom. The molecule has 2 heteroatoms. The molecular weight excluding hydrogens is 244 g/mol. The Labute approximate surface area is 122 Å². The SMILES string of the molecule is Cc1cc(C)c(CN(C)c2ccc(C)cc2N)c(C)c1. The fourth-order valence-corrected chi connectivity index (χ4v) is 2.80. The Kier molecular flexibility index (Phi) is 4.03. The summed E-state index contributed by atoms with van der Waals surface area (Å²) in [7, 11) is 2.10. The summed E-state index contributed by atoms with van der Waals surface area (Å²) in [6, 6.07) is 10.7. The molecule has 2 rings (SSSR count). The van der Waals surface area contributed by atoms with Gasteiger partial charge >= 0.3 is 0 Å². The molecule has 0 fully saturated rings. The van der Waals surface area contributed by atoms with Crippen molar-refractivity contribution < 1.29 is 0 Å². The normalized spacial score (nSPS) is 10.7. The van der Waals surface area contributed by atoms with Gasteiger partial charge < -0.3 is 10.6 Å². The molecular formula is C18H24N2. The van der Waals surface area contributed by atoms with Crippen LogP contribution in [-0.2, 0) is 6.54 Å². The Hall–Kier alpha value is -1.96. The molecule has 0 atom stereocenters. The molecule has 0 saturated heterocycles. The van der Waals surface area contributed by atoms with E-state index in [9.17, 15) is 0 Å². The lowest BCUT2D eigenvalue weighted by Crippen LogP contribution is -2.19. The van der Waals surface area contributed by atoms with Gasteiger partial charge in [-0.05, 0) is 62.1 Å². The quantitative estimate of drug-likeness (QED) is 0.848. The van der Waals surface area contributed by atoms with E-state index in [1.165, 1.54) is 27.8 Å². The van der Waals surface area contributed by atoms with E-state index >= 15 is 0 Å². The predicted octanol–water partition coefficient (Wildman–Crippen LogP) is 4.14. The largest absolute Gasteiger partial charge is 0.397 e. The Morgan fingerprint density at radius 1 is 0.900 bits per heavy atom. The Balaban J connectivity index is 2.30. The van der Waals surface area contributed by atoms with Gasteiger partial charge in [0.05, 0.1) is 11.4 Å². The van der Waals surface area contributed by atoms with Gasteiger partial charge in [-0.2, -0.15) is 0 Å². The van der Waals surface area contributed by atoms with E-state index in [-0.39, 0.29) is 0 Å². The Bertz CT molecular complexity index is 606. The van der Waals surface area contributed by atoms with Gasteiger partial charge in [0.1, 0.15) is 0 Å². The van der Waals surface area contributed by atoms with E-state index in [4.69, 9.17) is 5.73 Å². The second-order valence-corrected chi connectivity index (χ2v) is 5.80. The van der Waals surface area contributed by atoms with Crippen LogP contribution in [0.4, 0.5) is 11.4 Å². The molecule has 0 amide bonds. The van der Waals surface area contributed by atoms with Gasteiger partial charge in [0.2, 0.25) is 0 Å². The summed E-state index contributed by atoms with van der Waals surface area (Å²) in [6.45, 7) is 9.45. The van der Waals surface area contributed by atoms with Crippen molar-refractivity contribution in [3.8, 4) is 0 Å². The first-order valence-corrected chi connectivity index (χ1v) is 7.02. The maximum atomic E-state index is 6.13. The van der Waals surface area contributed by atoms with Crippen LogP contribution in [-0.4, -0.2) is 7.05 Å². The lowest BCUT2D eigenvalue weighted by molar-refractivity contribution is 0.905. The molecule has 0 heterocycles. The molecule has 106 valence electrons. The molecule has 0 aromatic heterocycles. The minimum atomic E-state index is 0.843. The van der Waals surface area contributed by atoms with E-state index < -0.39 is 0 Å². The highest BCUT2D eigenvalue weighted by atomic mass is 15.1. The fraction of sp³-hybridized carbons (Fsp3) is 0.333. The van der Waals surface area contributed by atoms with Gasteiger partial charge in [-0.1, -0.05) is 23.8 Å². The van der Waals surface area contributed by atoms with Gasteiger partial charge in [0.25, 0.3) is 0 Å². The summed E-state index contributed by atoms with van der Waals surface area (Å²) in [5.74, 6) is 0. The summed E-state index contributed by atoms with van der Waals surface area (Å²) in [5.41, 5.74) is 14.7. The van der Waals surface area contributed by atoms with Gasteiger partial charge in [-0.25, -0.2) is 0 Å². The van der Waals surface area contributed by atoms with E-state index in [2.05, 4.69) is 63.9 Å². The molecule has 0 aliphatic carbocycles. The van der Waals surface area contributed by atoms with Crippen molar-refractivity contribution in [2.45, 2.75) is 34.2 Å². The van der Waals surface area contributed by atoms with Gasteiger partial charge in [-0.3, -0.25) is 0 Å². The maximum absolute atomic E-state index is 6.13. The van der Waals surface area contributed by atoms with Crippen LogP contribution in [0.3, 0.4) is 0 Å². The second-order valence-electron chi connectivity index (χ2n) is 5.80. The number of benzene rings is 2. The molecule has 2 N–H and O–H groups in total. The molecule has 2 nitrogen and oxygen atoms in total. The zero-order valence-corrected chi connectivity index (χ0v) is 13.1. The average Bonchev–Trinajstić information content (AvgIpc) is 2.33. The third kappa shape index (κ3) is 2.96. The topological polar surface area (TPSA) is 29.3 Å². The summed E-state index contributed by atoms with van der Waals surface area (Å²) in [6.07, 6.45) is 0. The molecule has 2 aromatic carbocycles. The molecule has 0 aliphatic rings. The lowest BCUT2D eigenvalue weighted by Gasteiger charge is -2.24. The van der Waals surface area contributed by atoms with Crippen LogP contribution in [0.1, 0.15) is 27.8 Å². The first-order valence-electron chi connectivity index (χ1n) is 7.02. The summed E-state index contributed by atoms with van der Waals surface area (Å²) >= 11 is 0. The Morgan fingerprint density at radius 3 is 2.05 bits per heavy atom. The fourth-order valence-electron chi connectivity index (χ4n) is 2.80. The van der Waals surface area contributed by atoms with Crippen LogP contribution < -0.4 is 10.6 Å². The van der Waals surface area contributed by atoms with Crippen molar-refractivity contribution in [1.29, 1.82) is 0 Å². The highest BCUT2D eigenvalue weighted by molar-refractivity contribution is 5.68. The van der Waals surface area contributed by atoms with Crippen molar-refractivity contribution in [2.24, 2.45) is 0 Å². The monoisotopic (exact) mass is 268 g/mol. The van der Waals surface area contributed by atoms with Crippen LogP contribution in [0.5, 0.6) is 0 Å². The molecule has 0 bridgehead atoms. The van der Waals surface area contributed by atoms with Crippen molar-refractivity contribution in [3.05, 3.63) is 58.1 Å². The number of anilines is 2. The summed E-state index contributed by atoms with van der Waals surface area (Å²) in [5, 5.41) is 0. The number of nitrogens with two attached hydrogens (primary N) is 1. The molecule has 0 spiro atoms. The number of nitrogen functional groups attached to an aromatic ring is 1. The molecule has 0 saturated carbocycles. The minimum absolute atomic E-state index is 0.843. The molecule has 0 unspecified atom stereocenters. The standard InChI is InChI=1S/C18H24N2/c1-12-6-7-18(17(19)10-12)20(5)11-16-14(3)8-13(2)9-15(16)4/h6-10H,11,19H2,1-5H3. The van der Waals surface area contributed by atoms with E-state index in [0.29, 0.717) is 0 Å². The highest BCUT2D eigenvalue weighted by Gasteiger charge is 2.10. The molecule has 2 aromatic rings. The average molecular weight is 268 g/mol. The highest BCUT2D eigenvalue weighted by Crippen LogP contribution is 2.26. The van der Waals surface area contributed by atoms with E-state index in [0.717, 1.165) is 17.9 Å². The van der Waals surface area contributed by atoms with Crippen LogP contribution in [0.2, 0.25) is 0 Å². The van der Waals surface area contributed by atoms with Crippen LogP contribution in [0.25, 0.3) is 0 Å². The predicted molar refractivity (Wildman–Crippen MR) is 88.4 cm³/mol. The van der Waals surface area contributed by atoms with Gasteiger partial charge in [0, 0.05) is 13.6 Å². The summed E-state index contributed by atoms with van der Waals surface area (Å²) < 4.78 is 0. The second kappa shape index (κ2) is 5.58. The van der Waals surface area contributed by atoms with Crippen molar-refractivity contribution in [3.63, 3.8) is 0 Å². The van der Waals surface area contributed by atoms with E-state index in [1.807, 2.05) is 6.07 Å². The number of hydrogen-bond donors (Lipinski definition) is 1. The van der Waals surface area contributed by atoms with Crippen LogP contribution in [0, 0.1) is 27.7 Å². The summed E-state index contributed by atoms with van der Waals surface area (Å²) in [4.78, 5) is 2.22. The third-order valence-electron chi connectivity index (χ3n) is 3.83. The van der Waals surface area contributed by atoms with Crippen molar-refractivity contribution >= 4 is 11.4 Å². The molecule has 0 radical (unpaired) electrons. The first kappa shape index (κ1) is 14.4. The van der Waals surface area contributed by atoms with Crippen molar-refractivity contribution in [2.75, 3.05) is 17.7 Å². The first-order chi connectivity index (χ1) is 9.38. The van der Waals surface area contributed by atoms with Crippen molar-refractivity contribution in [1.82, 2.24) is 0 Å². The number of nitrogens with zero attached hydrogens (tertiary/aromatic N) is 1. The smallest absolute Gasteiger partial charge is 0.0600 e. The van der Waals surface area contributed by atoms with Crippen LogP contribution in [0.15, 0.2) is 30.3 Å². The van der Waals surface area contributed by atoms with Gasteiger partial charge in [0.15, 0.2) is 0 Å². The van der Waals surface area contributed by atoms with Crippen LogP contribution >= 0.6 is 0 Å². The number of aryl methyl sites for hydroxylation is 4. The zero-order valence-electron chi connectivity index (χ0n) is 13.1. The number of rotatable bonds is 3. The molecule has 0 aliphatic heterocycles. The maximum Gasteiger partial charge on any atom is 0.0600 e. The third-order valence-corrected chi connectivity index (χ3v) is 3.83. The number of hydrogen-bond acceptors (Lipinski definition) is 2. The van der Waals surface area contributed by atoms with E-state index in [1.54, 1.807) is 0 Å².